The number of esters is 1. The van der Waals surface area contributed by atoms with E-state index in [2.05, 4.69) is 0 Å². The largest absolute Gasteiger partial charge is 0.493 e. The van der Waals surface area contributed by atoms with Crippen LogP contribution in [0.25, 0.3) is 10.8 Å². The number of aliphatic hydroxyl groups is 1. The van der Waals surface area contributed by atoms with E-state index in [1.807, 2.05) is 31.2 Å². The van der Waals surface area contributed by atoms with Crippen LogP contribution in [0.15, 0.2) is 35.8 Å². The SMILES string of the molecule is COc1cc2c(OCCO)c3c(c(C4C=CC5=C(OCO5)C4C)c2cc1OC)C(=O)OC3. The average Bonchev–Trinajstić information content (AvgIpc) is 3.44. The predicted octanol–water partition coefficient (Wildman–Crippen LogP) is 3.40. The molecule has 2 unspecified atom stereocenters. The second-order valence-electron chi connectivity index (χ2n) is 7.81. The highest BCUT2D eigenvalue weighted by molar-refractivity contribution is 6.06. The zero-order chi connectivity index (χ0) is 22.4. The van der Waals surface area contributed by atoms with Gasteiger partial charge in [0.1, 0.15) is 24.7 Å². The Kier molecular flexibility index (Phi) is 5.09. The van der Waals surface area contributed by atoms with Crippen molar-refractivity contribution in [3.63, 3.8) is 0 Å². The summed E-state index contributed by atoms with van der Waals surface area (Å²) in [5.74, 6) is 2.45. The minimum absolute atomic E-state index is 0.0597. The molecule has 32 heavy (non-hydrogen) atoms. The number of fused-ring (bicyclic) bond motifs is 2. The number of rotatable bonds is 6. The summed E-state index contributed by atoms with van der Waals surface area (Å²) in [4.78, 5) is 12.9. The molecule has 0 spiro atoms. The Labute approximate surface area is 184 Å². The van der Waals surface area contributed by atoms with Crippen LogP contribution < -0.4 is 14.2 Å². The van der Waals surface area contributed by atoms with Crippen LogP contribution in [0, 0.1) is 5.92 Å². The molecule has 2 heterocycles. The van der Waals surface area contributed by atoms with E-state index in [0.717, 1.165) is 27.9 Å². The number of carbonyl (C=O) groups is 1. The lowest BCUT2D eigenvalue weighted by Gasteiger charge is -2.28. The maximum absolute atomic E-state index is 12.9. The Morgan fingerprint density at radius 3 is 2.56 bits per heavy atom. The van der Waals surface area contributed by atoms with E-state index in [1.165, 1.54) is 0 Å². The molecule has 0 amide bonds. The molecule has 5 rings (SSSR count). The van der Waals surface area contributed by atoms with Crippen LogP contribution in [-0.2, 0) is 20.8 Å². The van der Waals surface area contributed by atoms with E-state index in [0.29, 0.717) is 28.4 Å². The standard InChI is InChI=1S/C24H24O8/c1-12-13(4-5-17-22(12)32-11-31-17)20-14-8-18(27-2)19(28-3)9-15(14)23(29-7-6-25)16-10-30-24(26)21(16)20/h4-5,8-9,12-13,25H,6-7,10-11H2,1-3H3. The van der Waals surface area contributed by atoms with Gasteiger partial charge < -0.3 is 33.5 Å². The molecule has 1 aliphatic carbocycles. The first-order chi connectivity index (χ1) is 15.6. The molecule has 2 aromatic rings. The molecule has 0 aromatic heterocycles. The molecule has 2 aromatic carbocycles. The summed E-state index contributed by atoms with van der Waals surface area (Å²) in [5, 5.41) is 10.9. The quantitative estimate of drug-likeness (QED) is 0.684. The summed E-state index contributed by atoms with van der Waals surface area (Å²) in [6.45, 7) is 2.27. The van der Waals surface area contributed by atoms with Crippen LogP contribution in [0.2, 0.25) is 0 Å². The molecule has 0 saturated carbocycles. The summed E-state index contributed by atoms with van der Waals surface area (Å²) in [6, 6.07) is 3.70. The maximum atomic E-state index is 12.9. The van der Waals surface area contributed by atoms with Gasteiger partial charge in [0, 0.05) is 22.8 Å². The summed E-state index contributed by atoms with van der Waals surface area (Å²) in [7, 11) is 3.13. The third-order valence-corrected chi connectivity index (χ3v) is 6.21. The molecule has 0 fully saturated rings. The van der Waals surface area contributed by atoms with Crippen molar-refractivity contribution in [1.82, 2.24) is 0 Å². The van der Waals surface area contributed by atoms with E-state index in [-0.39, 0.29) is 38.4 Å². The van der Waals surface area contributed by atoms with Crippen molar-refractivity contribution in [3.8, 4) is 17.2 Å². The van der Waals surface area contributed by atoms with Crippen molar-refractivity contribution >= 4 is 16.7 Å². The zero-order valence-electron chi connectivity index (χ0n) is 18.1. The highest BCUT2D eigenvalue weighted by Gasteiger charge is 2.39. The van der Waals surface area contributed by atoms with Gasteiger partial charge in [0.05, 0.1) is 26.4 Å². The maximum Gasteiger partial charge on any atom is 0.339 e. The van der Waals surface area contributed by atoms with Crippen LogP contribution in [-0.4, -0.2) is 45.3 Å². The zero-order valence-corrected chi connectivity index (χ0v) is 18.1. The van der Waals surface area contributed by atoms with E-state index >= 15 is 0 Å². The highest BCUT2D eigenvalue weighted by Crippen LogP contribution is 2.50. The molecular weight excluding hydrogens is 416 g/mol. The first-order valence-corrected chi connectivity index (χ1v) is 10.4. The third-order valence-electron chi connectivity index (χ3n) is 6.21. The van der Waals surface area contributed by atoms with Crippen molar-refractivity contribution in [2.45, 2.75) is 19.4 Å². The van der Waals surface area contributed by atoms with Gasteiger partial charge in [-0.05, 0) is 29.2 Å². The van der Waals surface area contributed by atoms with Gasteiger partial charge in [-0.25, -0.2) is 4.79 Å². The van der Waals surface area contributed by atoms with Gasteiger partial charge in [0.15, 0.2) is 17.3 Å². The predicted molar refractivity (Wildman–Crippen MR) is 114 cm³/mol. The number of cyclic esters (lactones) is 1. The van der Waals surface area contributed by atoms with Crippen LogP contribution in [0.5, 0.6) is 17.2 Å². The number of carbonyl (C=O) groups excluding carboxylic acids is 1. The van der Waals surface area contributed by atoms with Crippen molar-refractivity contribution < 1.29 is 38.3 Å². The second kappa shape index (κ2) is 7.94. The van der Waals surface area contributed by atoms with Crippen molar-refractivity contribution in [2.24, 2.45) is 5.92 Å². The van der Waals surface area contributed by atoms with Gasteiger partial charge >= 0.3 is 5.97 Å². The van der Waals surface area contributed by atoms with E-state index < -0.39 is 5.97 Å². The molecular formula is C24H24O8. The molecule has 1 N–H and O–H groups in total. The molecule has 168 valence electrons. The molecule has 3 aliphatic rings. The van der Waals surface area contributed by atoms with Crippen molar-refractivity contribution in [2.75, 3.05) is 34.2 Å². The minimum atomic E-state index is -0.399. The molecule has 0 saturated heterocycles. The smallest absolute Gasteiger partial charge is 0.339 e. The normalized spacial score (nSPS) is 21.1. The Morgan fingerprint density at radius 2 is 1.84 bits per heavy atom. The van der Waals surface area contributed by atoms with Gasteiger partial charge in [-0.1, -0.05) is 13.0 Å². The molecule has 2 aliphatic heterocycles. The summed E-state index contributed by atoms with van der Waals surface area (Å²) in [5.41, 5.74) is 1.98. The number of hydrogen-bond acceptors (Lipinski definition) is 8. The Balaban J connectivity index is 1.81. The Morgan fingerprint density at radius 1 is 1.09 bits per heavy atom. The molecule has 0 radical (unpaired) electrons. The van der Waals surface area contributed by atoms with E-state index in [9.17, 15) is 9.90 Å². The number of benzene rings is 2. The molecule has 8 heteroatoms. The lowest BCUT2D eigenvalue weighted by Crippen LogP contribution is -2.18. The van der Waals surface area contributed by atoms with Gasteiger partial charge in [0.2, 0.25) is 6.79 Å². The highest BCUT2D eigenvalue weighted by atomic mass is 16.7. The second-order valence-corrected chi connectivity index (χ2v) is 7.81. The first kappa shape index (κ1) is 20.5. The number of methoxy groups -OCH3 is 2. The topological polar surface area (TPSA) is 92.7 Å². The lowest BCUT2D eigenvalue weighted by atomic mass is 9.77. The number of allylic oxidation sites excluding steroid dienone is 3. The van der Waals surface area contributed by atoms with Crippen LogP contribution in [0.4, 0.5) is 0 Å². The number of aliphatic hydroxyl groups excluding tert-OH is 1. The van der Waals surface area contributed by atoms with Crippen molar-refractivity contribution in [3.05, 3.63) is 52.5 Å². The van der Waals surface area contributed by atoms with Gasteiger partial charge in [-0.2, -0.15) is 0 Å². The van der Waals surface area contributed by atoms with Crippen molar-refractivity contribution in [1.29, 1.82) is 0 Å². The van der Waals surface area contributed by atoms with Gasteiger partial charge in [-0.3, -0.25) is 0 Å². The Hall–Kier alpha value is -3.39. The fourth-order valence-corrected chi connectivity index (χ4v) is 4.75. The van der Waals surface area contributed by atoms with E-state index in [4.69, 9.17) is 28.4 Å². The molecule has 8 nitrogen and oxygen atoms in total. The Bertz CT molecular complexity index is 1160. The summed E-state index contributed by atoms with van der Waals surface area (Å²) >= 11 is 0. The molecule has 0 bridgehead atoms. The first-order valence-electron chi connectivity index (χ1n) is 10.4. The van der Waals surface area contributed by atoms with Gasteiger partial charge in [0.25, 0.3) is 0 Å². The minimum Gasteiger partial charge on any atom is -0.493 e. The lowest BCUT2D eigenvalue weighted by molar-refractivity contribution is 0.0531. The summed E-state index contributed by atoms with van der Waals surface area (Å²) in [6.07, 6.45) is 3.92. The van der Waals surface area contributed by atoms with Crippen LogP contribution >= 0.6 is 0 Å². The average molecular weight is 440 g/mol. The van der Waals surface area contributed by atoms with Crippen LogP contribution in [0.1, 0.15) is 34.3 Å². The van der Waals surface area contributed by atoms with Gasteiger partial charge in [-0.15, -0.1) is 0 Å². The summed E-state index contributed by atoms with van der Waals surface area (Å²) < 4.78 is 33.7. The fourth-order valence-electron chi connectivity index (χ4n) is 4.75. The third kappa shape index (κ3) is 2.97. The number of ether oxygens (including phenoxy) is 6. The monoisotopic (exact) mass is 440 g/mol. The molecule has 2 atom stereocenters. The van der Waals surface area contributed by atoms with Crippen LogP contribution in [0.3, 0.4) is 0 Å². The fraction of sp³-hybridized carbons (Fsp3) is 0.375. The number of hydrogen-bond donors (Lipinski definition) is 1. The van der Waals surface area contributed by atoms with E-state index in [1.54, 1.807) is 14.2 Å².